The minimum Gasteiger partial charge on any atom is -0.508 e. The molecule has 0 radical (unpaired) electrons. The van der Waals surface area contributed by atoms with E-state index in [0.29, 0.717) is 45.0 Å². The van der Waals surface area contributed by atoms with E-state index in [0.717, 1.165) is 0 Å². The molecule has 3 aromatic rings. The molecule has 31 heavy (non-hydrogen) atoms. The van der Waals surface area contributed by atoms with Gasteiger partial charge in [0.15, 0.2) is 5.60 Å². The molecular weight excluding hydrogens is 398 g/mol. The lowest BCUT2D eigenvalue weighted by Crippen LogP contribution is -2.32. The molecule has 2 aliphatic rings. The third-order valence-corrected chi connectivity index (χ3v) is 5.42. The Hall–Kier alpha value is -4.26. The summed E-state index contributed by atoms with van der Waals surface area (Å²) in [7, 11) is 0. The average Bonchev–Trinajstić information content (AvgIpc) is 3.00. The number of phenols is 2. The number of hydrogen-bond acceptors (Lipinski definition) is 6. The van der Waals surface area contributed by atoms with Crippen molar-refractivity contribution < 1.29 is 29.3 Å². The zero-order valence-corrected chi connectivity index (χ0v) is 16.4. The Bertz CT molecular complexity index is 1260. The molecule has 0 aliphatic carbocycles. The van der Waals surface area contributed by atoms with E-state index in [4.69, 9.17) is 9.47 Å². The van der Waals surface area contributed by atoms with E-state index < -0.39 is 11.6 Å². The van der Waals surface area contributed by atoms with Crippen molar-refractivity contribution in [1.82, 2.24) is 0 Å². The van der Waals surface area contributed by atoms with Gasteiger partial charge in [-0.3, -0.25) is 4.79 Å². The van der Waals surface area contributed by atoms with Crippen molar-refractivity contribution in [1.29, 1.82) is 0 Å². The number of anilines is 1. The molecule has 0 saturated carbocycles. The van der Waals surface area contributed by atoms with Gasteiger partial charge in [-0.15, -0.1) is 0 Å². The van der Waals surface area contributed by atoms with Gasteiger partial charge in [0, 0.05) is 40.1 Å². The van der Waals surface area contributed by atoms with Gasteiger partial charge in [-0.2, -0.15) is 0 Å². The summed E-state index contributed by atoms with van der Waals surface area (Å²) in [6, 6.07) is 14.1. The fraction of sp³-hybridized carbons (Fsp3) is 0.0833. The lowest BCUT2D eigenvalue weighted by atomic mass is 9.77. The molecule has 0 bridgehead atoms. The summed E-state index contributed by atoms with van der Waals surface area (Å²) >= 11 is 0. The molecule has 7 nitrogen and oxygen atoms in total. The molecule has 1 spiro atoms. The number of nitrogens with one attached hydrogen (secondary N) is 1. The van der Waals surface area contributed by atoms with E-state index in [1.807, 2.05) is 0 Å². The van der Waals surface area contributed by atoms with Crippen LogP contribution < -0.4 is 10.1 Å². The molecule has 0 fully saturated rings. The fourth-order valence-corrected chi connectivity index (χ4v) is 4.02. The second-order valence-corrected chi connectivity index (χ2v) is 7.53. The summed E-state index contributed by atoms with van der Waals surface area (Å²) in [5.74, 6) is -0.341. The van der Waals surface area contributed by atoms with Gasteiger partial charge in [0.2, 0.25) is 0 Å². The number of benzene rings is 3. The molecular formula is C24H17NO6. The Labute approximate surface area is 177 Å². The van der Waals surface area contributed by atoms with Crippen molar-refractivity contribution in [2.45, 2.75) is 12.5 Å². The number of esters is 1. The van der Waals surface area contributed by atoms with Crippen LogP contribution in [0.4, 0.5) is 5.69 Å². The molecule has 0 saturated heterocycles. The van der Waals surface area contributed by atoms with Gasteiger partial charge in [0.1, 0.15) is 23.0 Å². The van der Waals surface area contributed by atoms with E-state index in [-0.39, 0.29) is 17.4 Å². The number of fused-ring (bicyclic) bond motifs is 6. The largest absolute Gasteiger partial charge is 0.508 e. The maximum Gasteiger partial charge on any atom is 0.340 e. The van der Waals surface area contributed by atoms with E-state index >= 15 is 0 Å². The first kappa shape index (κ1) is 18.7. The number of carbonyl (C=O) groups is 2. The molecule has 154 valence electrons. The Balaban J connectivity index is 1.74. The maximum atomic E-state index is 13.0. The smallest absolute Gasteiger partial charge is 0.340 e. The van der Waals surface area contributed by atoms with Crippen molar-refractivity contribution in [3.8, 4) is 23.0 Å². The fourth-order valence-electron chi connectivity index (χ4n) is 4.02. The molecule has 0 aromatic heterocycles. The van der Waals surface area contributed by atoms with Crippen LogP contribution in [-0.2, 0) is 15.1 Å². The van der Waals surface area contributed by atoms with E-state index in [1.54, 1.807) is 37.3 Å². The van der Waals surface area contributed by atoms with Gasteiger partial charge in [0.25, 0.3) is 5.91 Å². The van der Waals surface area contributed by atoms with Crippen molar-refractivity contribution in [2.75, 3.05) is 5.32 Å². The number of aromatic hydroxyl groups is 2. The van der Waals surface area contributed by atoms with Crippen molar-refractivity contribution in [2.24, 2.45) is 0 Å². The number of ether oxygens (including phenoxy) is 2. The molecule has 7 heteroatoms. The molecule has 0 atom stereocenters. The van der Waals surface area contributed by atoms with Crippen LogP contribution in [-0.4, -0.2) is 22.1 Å². The van der Waals surface area contributed by atoms with Crippen LogP contribution in [0.15, 0.2) is 66.7 Å². The first-order valence-electron chi connectivity index (χ1n) is 9.49. The molecule has 1 amide bonds. The highest BCUT2D eigenvalue weighted by molar-refractivity contribution is 6.04. The standard InChI is InChI=1S/C24H17NO6/c1-12(2)22(28)25-13-3-6-17-16(9-13)23(29)31-24(17)18-7-4-14(26)10-20(18)30-21-11-15(27)5-8-19(21)24/h3-11,26-27H,1H2,2H3,(H,25,28). The third kappa shape index (κ3) is 2.67. The summed E-state index contributed by atoms with van der Waals surface area (Å²) in [6.45, 7) is 5.20. The Morgan fingerprint density at radius 3 is 2.10 bits per heavy atom. The van der Waals surface area contributed by atoms with Crippen LogP contribution >= 0.6 is 0 Å². The highest BCUT2D eigenvalue weighted by Crippen LogP contribution is 2.57. The Morgan fingerprint density at radius 2 is 1.52 bits per heavy atom. The zero-order chi connectivity index (χ0) is 21.9. The minimum atomic E-state index is -1.33. The van der Waals surface area contributed by atoms with Gasteiger partial charge in [-0.1, -0.05) is 12.6 Å². The predicted octanol–water partition coefficient (Wildman–Crippen LogP) is 4.18. The van der Waals surface area contributed by atoms with Crippen LogP contribution in [0.5, 0.6) is 23.0 Å². The van der Waals surface area contributed by atoms with Gasteiger partial charge < -0.3 is 25.0 Å². The highest BCUT2D eigenvalue weighted by Gasteiger charge is 2.53. The lowest BCUT2D eigenvalue weighted by molar-refractivity contribution is -0.112. The molecule has 3 aromatic carbocycles. The summed E-state index contributed by atoms with van der Waals surface area (Å²) in [6.07, 6.45) is 0. The molecule has 5 rings (SSSR count). The lowest BCUT2D eigenvalue weighted by Gasteiger charge is -2.36. The Kier molecular flexibility index (Phi) is 3.85. The SMILES string of the molecule is C=C(C)C(=O)Nc1ccc2c(c1)C(=O)OC21c2ccc(O)cc2Oc2cc(O)ccc21. The van der Waals surface area contributed by atoms with Gasteiger partial charge >= 0.3 is 5.97 Å². The molecule has 0 unspecified atom stereocenters. The van der Waals surface area contributed by atoms with Gasteiger partial charge in [0.05, 0.1) is 5.56 Å². The first-order chi connectivity index (χ1) is 14.8. The van der Waals surface area contributed by atoms with E-state index in [9.17, 15) is 19.8 Å². The van der Waals surface area contributed by atoms with Crippen molar-refractivity contribution in [3.05, 3.63) is 89.0 Å². The summed E-state index contributed by atoms with van der Waals surface area (Å²) < 4.78 is 11.9. The normalized spacial score (nSPS) is 14.7. The third-order valence-electron chi connectivity index (χ3n) is 5.42. The zero-order valence-electron chi connectivity index (χ0n) is 16.4. The molecule has 2 aliphatic heterocycles. The van der Waals surface area contributed by atoms with Crippen LogP contribution in [0.2, 0.25) is 0 Å². The van der Waals surface area contributed by atoms with Crippen molar-refractivity contribution >= 4 is 17.6 Å². The maximum absolute atomic E-state index is 13.0. The second kappa shape index (κ2) is 6.37. The van der Waals surface area contributed by atoms with E-state index in [2.05, 4.69) is 11.9 Å². The second-order valence-electron chi connectivity index (χ2n) is 7.53. The average molecular weight is 415 g/mol. The Morgan fingerprint density at radius 1 is 0.935 bits per heavy atom. The van der Waals surface area contributed by atoms with Gasteiger partial charge in [-0.25, -0.2) is 4.79 Å². The molecule has 3 N–H and O–H groups in total. The number of carbonyl (C=O) groups excluding carboxylic acids is 2. The van der Waals surface area contributed by atoms with Gasteiger partial charge in [-0.05, 0) is 43.3 Å². The molecule has 2 heterocycles. The van der Waals surface area contributed by atoms with Crippen molar-refractivity contribution in [3.63, 3.8) is 0 Å². The van der Waals surface area contributed by atoms with E-state index in [1.165, 1.54) is 24.3 Å². The quantitative estimate of drug-likeness (QED) is 0.428. The topological polar surface area (TPSA) is 105 Å². The van der Waals surface area contributed by atoms with Crippen LogP contribution in [0.3, 0.4) is 0 Å². The highest BCUT2D eigenvalue weighted by atomic mass is 16.6. The summed E-state index contributed by atoms with van der Waals surface area (Å²) in [4.78, 5) is 25.0. The number of hydrogen-bond donors (Lipinski definition) is 3. The summed E-state index contributed by atoms with van der Waals surface area (Å²) in [5.41, 5.74) is 1.38. The predicted molar refractivity (Wildman–Crippen MR) is 111 cm³/mol. The summed E-state index contributed by atoms with van der Waals surface area (Å²) in [5, 5.41) is 22.6. The monoisotopic (exact) mass is 415 g/mol. The number of amides is 1. The number of rotatable bonds is 2. The van der Waals surface area contributed by atoms with Crippen LogP contribution in [0.25, 0.3) is 0 Å². The minimum absolute atomic E-state index is 0.0140. The van der Waals surface area contributed by atoms with Crippen LogP contribution in [0.1, 0.15) is 34.0 Å². The first-order valence-corrected chi connectivity index (χ1v) is 9.49. The number of phenolic OH excluding ortho intramolecular Hbond substituents is 2. The van der Waals surface area contributed by atoms with Crippen LogP contribution in [0, 0.1) is 0 Å².